The third kappa shape index (κ3) is 5.19. The van der Waals surface area contributed by atoms with Gasteiger partial charge in [-0.05, 0) is 31.2 Å². The molecule has 1 aromatic carbocycles. The first-order valence-electron chi connectivity index (χ1n) is 8.28. The van der Waals surface area contributed by atoms with Gasteiger partial charge in [-0.1, -0.05) is 29.5 Å². The molecule has 1 N–H and O–H groups in total. The molecule has 0 fully saturated rings. The minimum absolute atomic E-state index is 0.178. The smallest absolute Gasteiger partial charge is 0.287 e. The number of carbonyl (C=O) groups is 1. The zero-order valence-electron chi connectivity index (χ0n) is 14.8. The zero-order valence-corrected chi connectivity index (χ0v) is 16.4. The van der Waals surface area contributed by atoms with Crippen molar-refractivity contribution in [2.75, 3.05) is 12.3 Å². The van der Waals surface area contributed by atoms with Gasteiger partial charge in [-0.2, -0.15) is 0 Å². The van der Waals surface area contributed by atoms with Crippen molar-refractivity contribution >= 4 is 29.4 Å². The molecule has 0 aliphatic rings. The number of benzene rings is 1. The van der Waals surface area contributed by atoms with E-state index >= 15 is 0 Å². The molecule has 26 heavy (non-hydrogen) atoms. The second kappa shape index (κ2) is 9.00. The molecule has 0 aliphatic heterocycles. The second-order valence-electron chi connectivity index (χ2n) is 5.79. The van der Waals surface area contributed by atoms with Gasteiger partial charge in [-0.3, -0.25) is 4.79 Å². The lowest BCUT2D eigenvalue weighted by Gasteiger charge is -2.04. The summed E-state index contributed by atoms with van der Waals surface area (Å²) in [6.07, 6.45) is 3.66. The van der Waals surface area contributed by atoms with Gasteiger partial charge in [0.05, 0.1) is 5.75 Å². The molecule has 0 saturated carbocycles. The monoisotopic (exact) mass is 387 g/mol. The van der Waals surface area contributed by atoms with Crippen LogP contribution in [0, 0.1) is 6.92 Å². The molecule has 3 rings (SSSR count). The lowest BCUT2D eigenvalue weighted by atomic mass is 10.2. The van der Waals surface area contributed by atoms with E-state index in [-0.39, 0.29) is 5.91 Å². The normalized spacial score (nSPS) is 10.8. The van der Waals surface area contributed by atoms with E-state index in [1.807, 2.05) is 23.9 Å². The Labute approximate surface area is 161 Å². The van der Waals surface area contributed by atoms with Gasteiger partial charge in [0, 0.05) is 36.6 Å². The van der Waals surface area contributed by atoms with E-state index in [9.17, 15) is 4.79 Å². The van der Waals surface area contributed by atoms with Crippen LogP contribution in [-0.2, 0) is 12.8 Å². The summed E-state index contributed by atoms with van der Waals surface area (Å²) in [5, 5.41) is 3.81. The van der Waals surface area contributed by atoms with E-state index in [0.717, 1.165) is 16.7 Å². The van der Waals surface area contributed by atoms with Gasteiger partial charge >= 0.3 is 0 Å². The summed E-state index contributed by atoms with van der Waals surface area (Å²) in [6, 6.07) is 11.9. The van der Waals surface area contributed by atoms with Gasteiger partial charge in [0.25, 0.3) is 5.91 Å². The number of thioether (sulfide) groups is 2. The van der Waals surface area contributed by atoms with Crippen molar-refractivity contribution in [2.45, 2.75) is 22.7 Å². The highest BCUT2D eigenvalue weighted by Gasteiger charge is 2.11. The summed E-state index contributed by atoms with van der Waals surface area (Å²) in [5.74, 6) is 2.39. The summed E-state index contributed by atoms with van der Waals surface area (Å²) >= 11 is 3.30. The first-order valence-corrected chi connectivity index (χ1v) is 10.3. The molecule has 1 amide bonds. The van der Waals surface area contributed by atoms with E-state index in [2.05, 4.69) is 41.5 Å². The standard InChI is InChI=1S/C19H21N3O2S2/c1-14-3-6-16(7-4-14)25-12-10-20-18(23)17-8-5-15(24-17)13-26-19-21-9-11-22(19)2/h3-9,11H,10,12-13H2,1-2H3,(H,20,23). The van der Waals surface area contributed by atoms with Crippen molar-refractivity contribution in [1.29, 1.82) is 0 Å². The molecule has 0 radical (unpaired) electrons. The van der Waals surface area contributed by atoms with Crippen LogP contribution in [0.3, 0.4) is 0 Å². The van der Waals surface area contributed by atoms with Crippen molar-refractivity contribution in [3.05, 3.63) is 65.9 Å². The van der Waals surface area contributed by atoms with Gasteiger partial charge in [-0.25, -0.2) is 4.98 Å². The molecule has 2 heterocycles. The number of hydrogen-bond acceptors (Lipinski definition) is 5. The van der Waals surface area contributed by atoms with E-state index in [1.165, 1.54) is 10.5 Å². The number of furan rings is 1. The number of aromatic nitrogens is 2. The van der Waals surface area contributed by atoms with Crippen LogP contribution in [-0.4, -0.2) is 27.8 Å². The SMILES string of the molecule is Cc1ccc(SCCNC(=O)c2ccc(CSc3nccn3C)o2)cc1. The Bertz CT molecular complexity index is 856. The highest BCUT2D eigenvalue weighted by atomic mass is 32.2. The van der Waals surface area contributed by atoms with Crippen LogP contribution in [0.15, 0.2) is 63.3 Å². The predicted octanol–water partition coefficient (Wildman–Crippen LogP) is 4.14. The Hall–Kier alpha value is -2.12. The van der Waals surface area contributed by atoms with Gasteiger partial charge in [-0.15, -0.1) is 11.8 Å². The number of nitrogens with zero attached hydrogens (tertiary/aromatic N) is 2. The van der Waals surface area contributed by atoms with Crippen LogP contribution in [0.25, 0.3) is 0 Å². The van der Waals surface area contributed by atoms with Gasteiger partial charge in [0.15, 0.2) is 10.9 Å². The maximum Gasteiger partial charge on any atom is 0.287 e. The molecule has 5 nitrogen and oxygen atoms in total. The number of hydrogen-bond donors (Lipinski definition) is 1. The molecule has 0 saturated heterocycles. The van der Waals surface area contributed by atoms with Crippen molar-refractivity contribution in [2.24, 2.45) is 7.05 Å². The Kier molecular flexibility index (Phi) is 6.46. The molecule has 7 heteroatoms. The maximum absolute atomic E-state index is 12.2. The van der Waals surface area contributed by atoms with E-state index in [0.29, 0.717) is 18.1 Å². The maximum atomic E-state index is 12.2. The molecule has 2 aromatic heterocycles. The average Bonchev–Trinajstić information content (AvgIpc) is 3.27. The summed E-state index contributed by atoms with van der Waals surface area (Å²) in [6.45, 7) is 2.66. The van der Waals surface area contributed by atoms with Crippen LogP contribution in [0.1, 0.15) is 21.9 Å². The lowest BCUT2D eigenvalue weighted by Crippen LogP contribution is -2.25. The Morgan fingerprint density at radius 2 is 2.00 bits per heavy atom. The molecule has 0 aliphatic carbocycles. The van der Waals surface area contributed by atoms with Crippen molar-refractivity contribution < 1.29 is 9.21 Å². The molecule has 3 aromatic rings. The minimum atomic E-state index is -0.178. The summed E-state index contributed by atoms with van der Waals surface area (Å²) in [4.78, 5) is 17.6. The van der Waals surface area contributed by atoms with Crippen molar-refractivity contribution in [1.82, 2.24) is 14.9 Å². The predicted molar refractivity (Wildman–Crippen MR) is 106 cm³/mol. The van der Waals surface area contributed by atoms with Crippen molar-refractivity contribution in [3.8, 4) is 0 Å². The molecular formula is C19H21N3O2S2. The van der Waals surface area contributed by atoms with Crippen LogP contribution in [0.5, 0.6) is 0 Å². The fraction of sp³-hybridized carbons (Fsp3) is 0.263. The highest BCUT2D eigenvalue weighted by molar-refractivity contribution is 7.99. The van der Waals surface area contributed by atoms with Gasteiger partial charge in [0.2, 0.25) is 0 Å². The molecule has 0 bridgehead atoms. The Morgan fingerprint density at radius 1 is 1.19 bits per heavy atom. The van der Waals surface area contributed by atoms with Crippen LogP contribution in [0.4, 0.5) is 0 Å². The average molecular weight is 388 g/mol. The molecule has 0 spiro atoms. The van der Waals surface area contributed by atoms with E-state index in [4.69, 9.17) is 4.42 Å². The van der Waals surface area contributed by atoms with Crippen LogP contribution >= 0.6 is 23.5 Å². The second-order valence-corrected chi connectivity index (χ2v) is 7.90. The van der Waals surface area contributed by atoms with E-state index < -0.39 is 0 Å². The first kappa shape index (κ1) is 18.7. The zero-order chi connectivity index (χ0) is 18.4. The number of nitrogens with one attached hydrogen (secondary N) is 1. The Balaban J connectivity index is 1.41. The number of aryl methyl sites for hydroxylation is 2. The minimum Gasteiger partial charge on any atom is -0.455 e. The Morgan fingerprint density at radius 3 is 2.73 bits per heavy atom. The highest BCUT2D eigenvalue weighted by Crippen LogP contribution is 2.22. The number of rotatable bonds is 8. The summed E-state index contributed by atoms with van der Waals surface area (Å²) < 4.78 is 7.59. The molecule has 0 atom stereocenters. The quantitative estimate of drug-likeness (QED) is 0.465. The van der Waals surface area contributed by atoms with Gasteiger partial charge < -0.3 is 14.3 Å². The van der Waals surface area contributed by atoms with Crippen LogP contribution in [0.2, 0.25) is 0 Å². The lowest BCUT2D eigenvalue weighted by molar-refractivity contribution is 0.0927. The van der Waals surface area contributed by atoms with Gasteiger partial charge in [0.1, 0.15) is 5.76 Å². The number of carbonyl (C=O) groups excluding carboxylic acids is 1. The first-order chi connectivity index (χ1) is 12.6. The number of amides is 1. The summed E-state index contributed by atoms with van der Waals surface area (Å²) in [5.41, 5.74) is 1.25. The third-order valence-electron chi connectivity index (χ3n) is 3.68. The van der Waals surface area contributed by atoms with Crippen molar-refractivity contribution in [3.63, 3.8) is 0 Å². The topological polar surface area (TPSA) is 60.1 Å². The fourth-order valence-electron chi connectivity index (χ4n) is 2.26. The fourth-order valence-corrected chi connectivity index (χ4v) is 3.85. The molecule has 0 unspecified atom stereocenters. The van der Waals surface area contributed by atoms with Crippen LogP contribution < -0.4 is 5.32 Å². The van der Waals surface area contributed by atoms with E-state index in [1.54, 1.807) is 35.8 Å². The molecule has 136 valence electrons. The summed E-state index contributed by atoms with van der Waals surface area (Å²) in [7, 11) is 1.95. The number of imidazole rings is 1. The molecular weight excluding hydrogens is 366 g/mol. The third-order valence-corrected chi connectivity index (χ3v) is 5.78. The largest absolute Gasteiger partial charge is 0.455 e.